The molecule has 0 atom stereocenters. The molecule has 0 fully saturated rings. The van der Waals surface area contributed by atoms with Crippen LogP contribution in [0.1, 0.15) is 16.7 Å². The second-order valence-electron chi connectivity index (χ2n) is 2.99. The van der Waals surface area contributed by atoms with E-state index in [1.54, 1.807) is 0 Å². The third kappa shape index (κ3) is 2.04. The first kappa shape index (κ1) is 11.0. The number of aryl methyl sites for hydroxylation is 1. The number of nitrogens with two attached hydrogens (primary N) is 1. The van der Waals surface area contributed by atoms with E-state index in [4.69, 9.17) is 5.73 Å². The van der Waals surface area contributed by atoms with Gasteiger partial charge in [0.05, 0.1) is 5.56 Å². The second kappa shape index (κ2) is 3.57. The topological polar surface area (TPSA) is 26.0 Å². The van der Waals surface area contributed by atoms with Crippen LogP contribution in [-0.2, 0) is 12.7 Å². The van der Waals surface area contributed by atoms with Gasteiger partial charge in [0.25, 0.3) is 0 Å². The minimum Gasteiger partial charge on any atom is -0.326 e. The molecule has 14 heavy (non-hydrogen) atoms. The Morgan fingerprint density at radius 2 is 1.86 bits per heavy atom. The summed E-state index contributed by atoms with van der Waals surface area (Å²) in [5.41, 5.74) is 4.11. The van der Waals surface area contributed by atoms with E-state index in [1.807, 2.05) is 0 Å². The summed E-state index contributed by atoms with van der Waals surface area (Å²) >= 11 is 0. The minimum absolute atomic E-state index is 0.114. The molecule has 0 aliphatic rings. The second-order valence-corrected chi connectivity index (χ2v) is 2.99. The van der Waals surface area contributed by atoms with E-state index in [-0.39, 0.29) is 12.1 Å². The lowest BCUT2D eigenvalue weighted by Gasteiger charge is -2.11. The molecule has 78 valence electrons. The summed E-state index contributed by atoms with van der Waals surface area (Å²) in [5, 5.41) is 0. The molecule has 1 aromatic carbocycles. The maximum atomic E-state index is 13.1. The van der Waals surface area contributed by atoms with Crippen LogP contribution in [0.3, 0.4) is 0 Å². The summed E-state index contributed by atoms with van der Waals surface area (Å²) < 4.78 is 49.9. The molecule has 2 N–H and O–H groups in total. The zero-order valence-corrected chi connectivity index (χ0v) is 7.45. The Labute approximate surface area is 78.5 Å². The Kier molecular flexibility index (Phi) is 2.80. The molecule has 0 amide bonds. The quantitative estimate of drug-likeness (QED) is 0.704. The normalized spacial score (nSPS) is 11.9. The van der Waals surface area contributed by atoms with Crippen LogP contribution in [0.5, 0.6) is 0 Å². The van der Waals surface area contributed by atoms with Crippen LogP contribution in [0.2, 0.25) is 0 Å². The highest BCUT2D eigenvalue weighted by molar-refractivity contribution is 5.33. The molecule has 0 spiro atoms. The summed E-state index contributed by atoms with van der Waals surface area (Å²) in [5.74, 6) is -1.27. The third-order valence-electron chi connectivity index (χ3n) is 1.82. The van der Waals surface area contributed by atoms with E-state index in [0.717, 1.165) is 6.07 Å². The number of hydrogen-bond donors (Lipinski definition) is 1. The van der Waals surface area contributed by atoms with Gasteiger partial charge < -0.3 is 5.73 Å². The number of rotatable bonds is 1. The zero-order chi connectivity index (χ0) is 10.9. The predicted octanol–water partition coefficient (Wildman–Crippen LogP) is 2.61. The Balaban J connectivity index is 3.37. The fourth-order valence-electron chi connectivity index (χ4n) is 1.20. The van der Waals surface area contributed by atoms with Crippen molar-refractivity contribution >= 4 is 0 Å². The molecule has 1 aromatic rings. The summed E-state index contributed by atoms with van der Waals surface area (Å²) in [6, 6.07) is 2.08. The number of alkyl halides is 3. The van der Waals surface area contributed by atoms with Crippen LogP contribution in [0.4, 0.5) is 17.6 Å². The predicted molar refractivity (Wildman–Crippen MR) is 44.0 cm³/mol. The van der Waals surface area contributed by atoms with Crippen molar-refractivity contribution in [3.63, 3.8) is 0 Å². The highest BCUT2D eigenvalue weighted by atomic mass is 19.4. The van der Waals surface area contributed by atoms with Crippen LogP contribution in [0, 0.1) is 12.7 Å². The van der Waals surface area contributed by atoms with Crippen LogP contribution in [-0.4, -0.2) is 0 Å². The van der Waals surface area contributed by atoms with Crippen molar-refractivity contribution in [3.05, 3.63) is 34.6 Å². The Morgan fingerprint density at radius 1 is 1.29 bits per heavy atom. The monoisotopic (exact) mass is 207 g/mol. The summed E-state index contributed by atoms with van der Waals surface area (Å²) in [7, 11) is 0. The van der Waals surface area contributed by atoms with Crippen molar-refractivity contribution < 1.29 is 17.6 Å². The van der Waals surface area contributed by atoms with E-state index in [2.05, 4.69) is 0 Å². The summed E-state index contributed by atoms with van der Waals surface area (Å²) in [6.07, 6.45) is -4.67. The van der Waals surface area contributed by atoms with E-state index < -0.39 is 17.6 Å². The third-order valence-corrected chi connectivity index (χ3v) is 1.82. The molecule has 0 aliphatic carbocycles. The van der Waals surface area contributed by atoms with Crippen molar-refractivity contribution in [2.75, 3.05) is 0 Å². The lowest BCUT2D eigenvalue weighted by molar-refractivity contribution is -0.140. The molecule has 0 radical (unpaired) electrons. The van der Waals surface area contributed by atoms with Gasteiger partial charge in [-0.25, -0.2) is 4.39 Å². The molecule has 0 aromatic heterocycles. The van der Waals surface area contributed by atoms with E-state index in [9.17, 15) is 17.6 Å². The van der Waals surface area contributed by atoms with Gasteiger partial charge in [0, 0.05) is 12.1 Å². The van der Waals surface area contributed by atoms with Crippen molar-refractivity contribution in [1.82, 2.24) is 0 Å². The first-order chi connectivity index (χ1) is 6.36. The first-order valence-corrected chi connectivity index (χ1v) is 3.92. The Morgan fingerprint density at radius 3 is 2.29 bits per heavy atom. The van der Waals surface area contributed by atoms with Gasteiger partial charge in [0.15, 0.2) is 0 Å². The van der Waals surface area contributed by atoms with Crippen LogP contribution in [0.15, 0.2) is 12.1 Å². The largest absolute Gasteiger partial charge is 0.419 e. The van der Waals surface area contributed by atoms with E-state index in [0.29, 0.717) is 5.56 Å². The van der Waals surface area contributed by atoms with Crippen molar-refractivity contribution in [1.29, 1.82) is 0 Å². The van der Waals surface area contributed by atoms with E-state index in [1.165, 1.54) is 13.0 Å². The van der Waals surface area contributed by atoms with Gasteiger partial charge in [-0.1, -0.05) is 6.07 Å². The molecule has 1 rings (SSSR count). The Bertz CT molecular complexity index is 343. The fourth-order valence-corrected chi connectivity index (χ4v) is 1.20. The molecular weight excluding hydrogens is 198 g/mol. The zero-order valence-electron chi connectivity index (χ0n) is 7.45. The number of hydrogen-bond acceptors (Lipinski definition) is 1. The van der Waals surface area contributed by atoms with Crippen molar-refractivity contribution in [3.8, 4) is 0 Å². The molecule has 0 saturated heterocycles. The molecule has 0 saturated carbocycles. The maximum absolute atomic E-state index is 13.1. The van der Waals surface area contributed by atoms with Gasteiger partial charge in [-0.15, -0.1) is 0 Å². The molecule has 0 bridgehead atoms. The molecular formula is C9H9F4N. The highest BCUT2D eigenvalue weighted by Gasteiger charge is 2.35. The standard InChI is InChI=1S/C9H9F4N/c1-5-2-6(4-14)8(10)7(3-5)9(11,12)13/h2-3H,4,14H2,1H3. The number of benzene rings is 1. The molecule has 0 heterocycles. The first-order valence-electron chi connectivity index (χ1n) is 3.92. The smallest absolute Gasteiger partial charge is 0.326 e. The van der Waals surface area contributed by atoms with Gasteiger partial charge in [0.1, 0.15) is 5.82 Å². The minimum atomic E-state index is -4.67. The summed E-state index contributed by atoms with van der Waals surface area (Å²) in [6.45, 7) is 1.23. The van der Waals surface area contributed by atoms with Gasteiger partial charge in [-0.05, 0) is 18.6 Å². The van der Waals surface area contributed by atoms with Crippen LogP contribution < -0.4 is 5.73 Å². The average molecular weight is 207 g/mol. The van der Waals surface area contributed by atoms with Crippen LogP contribution in [0.25, 0.3) is 0 Å². The lowest BCUT2D eigenvalue weighted by Crippen LogP contribution is -2.12. The van der Waals surface area contributed by atoms with Crippen LogP contribution >= 0.6 is 0 Å². The molecule has 5 heteroatoms. The summed E-state index contributed by atoms with van der Waals surface area (Å²) in [4.78, 5) is 0. The fraction of sp³-hybridized carbons (Fsp3) is 0.333. The SMILES string of the molecule is Cc1cc(CN)c(F)c(C(F)(F)F)c1. The van der Waals surface area contributed by atoms with Gasteiger partial charge in [-0.3, -0.25) is 0 Å². The molecule has 1 nitrogen and oxygen atoms in total. The maximum Gasteiger partial charge on any atom is 0.419 e. The van der Waals surface area contributed by atoms with Gasteiger partial charge in [0.2, 0.25) is 0 Å². The lowest BCUT2D eigenvalue weighted by atomic mass is 10.1. The molecule has 0 unspecified atom stereocenters. The van der Waals surface area contributed by atoms with Gasteiger partial charge in [-0.2, -0.15) is 13.2 Å². The van der Waals surface area contributed by atoms with E-state index >= 15 is 0 Å². The Hall–Kier alpha value is -1.10. The van der Waals surface area contributed by atoms with Crippen molar-refractivity contribution in [2.24, 2.45) is 5.73 Å². The number of halogens is 4. The van der Waals surface area contributed by atoms with Gasteiger partial charge >= 0.3 is 6.18 Å². The highest BCUT2D eigenvalue weighted by Crippen LogP contribution is 2.33. The average Bonchev–Trinajstić information content (AvgIpc) is 2.06. The molecule has 0 aliphatic heterocycles. The van der Waals surface area contributed by atoms with Crippen molar-refractivity contribution in [2.45, 2.75) is 19.6 Å².